The number of halogens is 1. The summed E-state index contributed by atoms with van der Waals surface area (Å²) in [6, 6.07) is 3.78. The lowest BCUT2D eigenvalue weighted by Gasteiger charge is -2.07. The minimum Gasteiger partial charge on any atom is -0.347 e. The van der Waals surface area contributed by atoms with Gasteiger partial charge in [0.15, 0.2) is 0 Å². The van der Waals surface area contributed by atoms with E-state index in [-0.39, 0.29) is 6.04 Å². The highest BCUT2D eigenvalue weighted by atomic mass is 79.9. The molecule has 15 heavy (non-hydrogen) atoms. The van der Waals surface area contributed by atoms with Crippen molar-refractivity contribution in [3.63, 3.8) is 0 Å². The number of nitrogens with two attached hydrogens (primary N) is 1. The zero-order valence-electron chi connectivity index (χ0n) is 8.02. The van der Waals surface area contributed by atoms with Crippen LogP contribution in [0.3, 0.4) is 0 Å². The zero-order valence-corrected chi connectivity index (χ0v) is 9.61. The molecule has 0 aliphatic heterocycles. The van der Waals surface area contributed by atoms with Gasteiger partial charge in [0, 0.05) is 35.2 Å². The number of nitrogens with one attached hydrogen (secondary N) is 1. The van der Waals surface area contributed by atoms with Crippen molar-refractivity contribution in [2.75, 3.05) is 0 Å². The summed E-state index contributed by atoms with van der Waals surface area (Å²) in [6.07, 6.45) is 5.92. The van der Waals surface area contributed by atoms with E-state index in [9.17, 15) is 0 Å². The van der Waals surface area contributed by atoms with Gasteiger partial charge >= 0.3 is 0 Å². The van der Waals surface area contributed by atoms with Crippen LogP contribution in [0.1, 0.15) is 17.6 Å². The van der Waals surface area contributed by atoms with Gasteiger partial charge in [0.05, 0.1) is 6.04 Å². The van der Waals surface area contributed by atoms with Gasteiger partial charge in [0.25, 0.3) is 0 Å². The topological polar surface area (TPSA) is 67.6 Å². The van der Waals surface area contributed by atoms with Crippen LogP contribution in [0.2, 0.25) is 0 Å². The normalized spacial score (nSPS) is 12.7. The second-order valence-corrected chi connectivity index (χ2v) is 4.17. The molecule has 0 fully saturated rings. The number of nitrogens with zero attached hydrogens (tertiary/aromatic N) is 2. The lowest BCUT2D eigenvalue weighted by molar-refractivity contribution is 0.666. The Hall–Kier alpha value is -1.20. The highest BCUT2D eigenvalue weighted by molar-refractivity contribution is 9.10. The number of hydrogen-bond donors (Lipinski definition) is 2. The molecule has 0 amide bonds. The molecule has 0 bridgehead atoms. The molecule has 3 N–H and O–H groups in total. The van der Waals surface area contributed by atoms with E-state index in [2.05, 4.69) is 30.9 Å². The van der Waals surface area contributed by atoms with Crippen LogP contribution in [0.15, 0.2) is 35.2 Å². The van der Waals surface area contributed by atoms with Crippen LogP contribution in [-0.2, 0) is 6.42 Å². The number of rotatable bonds is 3. The maximum absolute atomic E-state index is 5.96. The molecule has 1 atom stereocenters. The van der Waals surface area contributed by atoms with E-state index in [1.165, 1.54) is 0 Å². The SMILES string of the molecule is NC(Cc1ccc(Br)cn1)c1ncc[nH]1. The van der Waals surface area contributed by atoms with Gasteiger partial charge in [-0.25, -0.2) is 4.98 Å². The van der Waals surface area contributed by atoms with Crippen LogP contribution in [0.5, 0.6) is 0 Å². The fourth-order valence-corrected chi connectivity index (χ4v) is 1.56. The summed E-state index contributed by atoms with van der Waals surface area (Å²) in [4.78, 5) is 11.4. The quantitative estimate of drug-likeness (QED) is 0.891. The Labute approximate surface area is 96.1 Å². The predicted molar refractivity (Wildman–Crippen MR) is 61.2 cm³/mol. The van der Waals surface area contributed by atoms with Crippen molar-refractivity contribution in [1.29, 1.82) is 0 Å². The van der Waals surface area contributed by atoms with E-state index in [4.69, 9.17) is 5.73 Å². The molecule has 0 aromatic carbocycles. The molecule has 1 unspecified atom stereocenters. The van der Waals surface area contributed by atoms with Crippen molar-refractivity contribution in [1.82, 2.24) is 15.0 Å². The van der Waals surface area contributed by atoms with E-state index in [1.807, 2.05) is 12.1 Å². The number of H-pyrrole nitrogens is 1. The van der Waals surface area contributed by atoms with Gasteiger partial charge in [0.2, 0.25) is 0 Å². The number of hydrogen-bond acceptors (Lipinski definition) is 3. The molecule has 2 aromatic rings. The maximum Gasteiger partial charge on any atom is 0.123 e. The molecule has 0 aliphatic carbocycles. The molecule has 0 spiro atoms. The van der Waals surface area contributed by atoms with Crippen molar-refractivity contribution in [3.8, 4) is 0 Å². The molecule has 5 heteroatoms. The average Bonchev–Trinajstić information content (AvgIpc) is 2.74. The van der Waals surface area contributed by atoms with Gasteiger partial charge in [-0.1, -0.05) is 0 Å². The highest BCUT2D eigenvalue weighted by Gasteiger charge is 2.09. The van der Waals surface area contributed by atoms with Crippen LogP contribution in [0.4, 0.5) is 0 Å². The van der Waals surface area contributed by atoms with Crippen LogP contribution < -0.4 is 5.73 Å². The van der Waals surface area contributed by atoms with E-state index in [0.29, 0.717) is 6.42 Å². The van der Waals surface area contributed by atoms with Crippen molar-refractivity contribution >= 4 is 15.9 Å². The molecular weight excluding hydrogens is 256 g/mol. The van der Waals surface area contributed by atoms with E-state index in [0.717, 1.165) is 16.0 Å². The summed E-state index contributed by atoms with van der Waals surface area (Å²) in [5, 5.41) is 0. The highest BCUT2D eigenvalue weighted by Crippen LogP contribution is 2.13. The monoisotopic (exact) mass is 266 g/mol. The lowest BCUT2D eigenvalue weighted by atomic mass is 10.1. The molecule has 0 aliphatic rings. The number of aromatic nitrogens is 3. The predicted octanol–water partition coefficient (Wildman–Crippen LogP) is 1.81. The smallest absolute Gasteiger partial charge is 0.123 e. The second kappa shape index (κ2) is 4.55. The maximum atomic E-state index is 5.96. The van der Waals surface area contributed by atoms with Gasteiger partial charge < -0.3 is 10.7 Å². The van der Waals surface area contributed by atoms with Gasteiger partial charge in [-0.05, 0) is 28.1 Å². The molecule has 2 aromatic heterocycles. The largest absolute Gasteiger partial charge is 0.347 e. The zero-order chi connectivity index (χ0) is 10.7. The molecule has 2 heterocycles. The van der Waals surface area contributed by atoms with Gasteiger partial charge in [-0.2, -0.15) is 0 Å². The number of pyridine rings is 1. The summed E-state index contributed by atoms with van der Waals surface area (Å²) in [6.45, 7) is 0. The summed E-state index contributed by atoms with van der Waals surface area (Å²) in [5.74, 6) is 0.791. The Bertz CT molecular complexity index is 409. The fourth-order valence-electron chi connectivity index (χ4n) is 1.33. The Morgan fingerprint density at radius 2 is 2.27 bits per heavy atom. The first kappa shape index (κ1) is 10.3. The Balaban J connectivity index is 2.06. The molecule has 2 rings (SSSR count). The second-order valence-electron chi connectivity index (χ2n) is 3.25. The molecule has 0 saturated carbocycles. The van der Waals surface area contributed by atoms with Crippen molar-refractivity contribution < 1.29 is 0 Å². The third-order valence-corrected chi connectivity index (χ3v) is 2.56. The van der Waals surface area contributed by atoms with E-state index in [1.54, 1.807) is 18.6 Å². The van der Waals surface area contributed by atoms with Crippen LogP contribution >= 0.6 is 15.9 Å². The third-order valence-electron chi connectivity index (χ3n) is 2.09. The minimum absolute atomic E-state index is 0.131. The number of imidazole rings is 1. The molecule has 0 radical (unpaired) electrons. The van der Waals surface area contributed by atoms with Gasteiger partial charge in [0.1, 0.15) is 5.82 Å². The molecular formula is C10H11BrN4. The van der Waals surface area contributed by atoms with Crippen molar-refractivity contribution in [3.05, 3.63) is 46.7 Å². The van der Waals surface area contributed by atoms with E-state index < -0.39 is 0 Å². The van der Waals surface area contributed by atoms with Gasteiger partial charge in [-0.3, -0.25) is 4.98 Å². The first-order valence-electron chi connectivity index (χ1n) is 4.61. The fraction of sp³-hybridized carbons (Fsp3) is 0.200. The molecule has 78 valence electrons. The summed E-state index contributed by atoms with van der Waals surface area (Å²) in [7, 11) is 0. The Morgan fingerprint density at radius 3 is 2.87 bits per heavy atom. The van der Waals surface area contributed by atoms with Crippen LogP contribution in [0.25, 0.3) is 0 Å². The van der Waals surface area contributed by atoms with Gasteiger partial charge in [-0.15, -0.1) is 0 Å². The standard InChI is InChI=1S/C10H11BrN4/c11-7-1-2-8(15-6-7)5-9(12)10-13-3-4-14-10/h1-4,6,9H,5,12H2,(H,13,14). The first-order chi connectivity index (χ1) is 7.25. The lowest BCUT2D eigenvalue weighted by Crippen LogP contribution is -2.15. The van der Waals surface area contributed by atoms with E-state index >= 15 is 0 Å². The van der Waals surface area contributed by atoms with Crippen molar-refractivity contribution in [2.45, 2.75) is 12.5 Å². The Morgan fingerprint density at radius 1 is 1.40 bits per heavy atom. The molecule has 4 nitrogen and oxygen atoms in total. The Kier molecular flexibility index (Phi) is 3.13. The van der Waals surface area contributed by atoms with Crippen LogP contribution in [-0.4, -0.2) is 15.0 Å². The summed E-state index contributed by atoms with van der Waals surface area (Å²) < 4.78 is 0.970. The van der Waals surface area contributed by atoms with Crippen molar-refractivity contribution in [2.24, 2.45) is 5.73 Å². The van der Waals surface area contributed by atoms with Crippen LogP contribution in [0, 0.1) is 0 Å². The summed E-state index contributed by atoms with van der Waals surface area (Å²) in [5.41, 5.74) is 6.92. The number of aromatic amines is 1. The average molecular weight is 267 g/mol. The molecule has 0 saturated heterocycles. The minimum atomic E-state index is -0.131. The third kappa shape index (κ3) is 2.64. The first-order valence-corrected chi connectivity index (χ1v) is 5.40. The summed E-state index contributed by atoms with van der Waals surface area (Å²) >= 11 is 3.34.